The number of sulfonamides is 1. The number of hydrogen-bond acceptors (Lipinski definition) is 3. The van der Waals surface area contributed by atoms with Crippen LogP contribution in [-0.4, -0.2) is 53.6 Å². The molecule has 0 amide bonds. The summed E-state index contributed by atoms with van der Waals surface area (Å²) in [5.41, 5.74) is 7.07. The maximum absolute atomic E-state index is 11.7. The fourth-order valence-electron chi connectivity index (χ4n) is 3.17. The Morgan fingerprint density at radius 1 is 1.07 bits per heavy atom. The molecule has 1 unspecified atom stereocenters. The fourth-order valence-corrected chi connectivity index (χ4v) is 4.16. The molecule has 1 aromatic heterocycles. The van der Waals surface area contributed by atoms with Gasteiger partial charge in [-0.25, -0.2) is 8.42 Å². The molecule has 1 atom stereocenters. The van der Waals surface area contributed by atoms with Crippen LogP contribution in [0.15, 0.2) is 54.6 Å². The molecule has 0 saturated heterocycles. The van der Waals surface area contributed by atoms with Gasteiger partial charge in [0.25, 0.3) is 0 Å². The molecule has 30 heavy (non-hydrogen) atoms. The van der Waals surface area contributed by atoms with Gasteiger partial charge in [-0.15, -0.1) is 0 Å². The van der Waals surface area contributed by atoms with E-state index in [0.29, 0.717) is 5.69 Å². The number of benzene rings is 2. The van der Waals surface area contributed by atoms with Crippen molar-refractivity contribution in [3.05, 3.63) is 88.2 Å². The summed E-state index contributed by atoms with van der Waals surface area (Å²) in [6.45, 7) is 7.86. The van der Waals surface area contributed by atoms with Gasteiger partial charge < -0.3 is 4.98 Å². The number of nitrogens with one attached hydrogen (secondary N) is 2. The van der Waals surface area contributed by atoms with E-state index in [0.717, 1.165) is 32.9 Å². The van der Waals surface area contributed by atoms with Gasteiger partial charge in [0.05, 0.1) is 16.3 Å². The molecule has 2 aromatic carbocycles. The standard InChI is InChI=1S/C23H26N2O2S2.Na.H/c1-5-29(26,27)25-20-12-10-18(11-13-20)17(4)21-14-16(3)22(24-21)23(28)19-8-6-15(2)7-9-19;;/h6-14,17,24-25H,5H2,1-4H3;;. The van der Waals surface area contributed by atoms with Crippen molar-refractivity contribution >= 4 is 62.4 Å². The quantitative estimate of drug-likeness (QED) is 0.313. The number of H-pyrrole nitrogens is 1. The van der Waals surface area contributed by atoms with E-state index in [1.165, 1.54) is 5.56 Å². The molecule has 2 N–H and O–H groups in total. The molecule has 0 aliphatic heterocycles. The van der Waals surface area contributed by atoms with Gasteiger partial charge in [0, 0.05) is 17.3 Å². The Labute approximate surface area is 206 Å². The molecule has 0 aliphatic carbocycles. The maximum atomic E-state index is 11.7. The predicted octanol–water partition coefficient (Wildman–Crippen LogP) is 4.66. The van der Waals surface area contributed by atoms with Crippen LogP contribution in [-0.2, 0) is 10.0 Å². The van der Waals surface area contributed by atoms with Crippen molar-refractivity contribution in [2.75, 3.05) is 10.5 Å². The number of thiocarbonyl (C=S) groups is 1. The van der Waals surface area contributed by atoms with Gasteiger partial charge >= 0.3 is 29.6 Å². The second-order valence-electron chi connectivity index (χ2n) is 7.33. The van der Waals surface area contributed by atoms with Crippen molar-refractivity contribution < 1.29 is 8.42 Å². The van der Waals surface area contributed by atoms with E-state index < -0.39 is 10.0 Å². The van der Waals surface area contributed by atoms with Gasteiger partial charge in [0.2, 0.25) is 10.0 Å². The van der Waals surface area contributed by atoms with Crippen molar-refractivity contribution in [1.29, 1.82) is 0 Å². The summed E-state index contributed by atoms with van der Waals surface area (Å²) in [7, 11) is -3.27. The van der Waals surface area contributed by atoms with Crippen LogP contribution in [0.1, 0.15) is 53.4 Å². The number of anilines is 1. The zero-order chi connectivity index (χ0) is 21.2. The van der Waals surface area contributed by atoms with Crippen molar-refractivity contribution in [2.45, 2.75) is 33.6 Å². The van der Waals surface area contributed by atoms with Crippen LogP contribution in [0.3, 0.4) is 0 Å². The van der Waals surface area contributed by atoms with Gasteiger partial charge in [0.1, 0.15) is 0 Å². The van der Waals surface area contributed by atoms with Gasteiger partial charge in [-0.2, -0.15) is 0 Å². The molecule has 1 heterocycles. The van der Waals surface area contributed by atoms with Crippen LogP contribution in [0, 0.1) is 13.8 Å². The third-order valence-electron chi connectivity index (χ3n) is 5.11. The Bertz CT molecular complexity index is 1120. The van der Waals surface area contributed by atoms with Crippen molar-refractivity contribution in [1.82, 2.24) is 4.98 Å². The van der Waals surface area contributed by atoms with E-state index in [2.05, 4.69) is 60.8 Å². The van der Waals surface area contributed by atoms with Crippen LogP contribution in [0.2, 0.25) is 0 Å². The van der Waals surface area contributed by atoms with E-state index in [1.54, 1.807) is 19.1 Å². The molecular weight excluding hydrogens is 423 g/mol. The van der Waals surface area contributed by atoms with Crippen molar-refractivity contribution in [2.24, 2.45) is 0 Å². The average molecular weight is 451 g/mol. The van der Waals surface area contributed by atoms with Crippen LogP contribution in [0.25, 0.3) is 0 Å². The first kappa shape index (κ1) is 24.8. The monoisotopic (exact) mass is 450 g/mol. The van der Waals surface area contributed by atoms with E-state index in [-0.39, 0.29) is 41.2 Å². The molecule has 4 nitrogen and oxygen atoms in total. The first-order valence-corrected chi connectivity index (χ1v) is 11.7. The van der Waals surface area contributed by atoms with E-state index in [4.69, 9.17) is 12.2 Å². The minimum absolute atomic E-state index is 0. The average Bonchev–Trinajstić information content (AvgIpc) is 3.09. The third kappa shape index (κ3) is 5.83. The van der Waals surface area contributed by atoms with E-state index in [1.807, 2.05) is 12.1 Å². The molecule has 154 valence electrons. The molecule has 3 rings (SSSR count). The molecule has 0 spiro atoms. The summed E-state index contributed by atoms with van der Waals surface area (Å²) in [5.74, 6) is 0.177. The Hall–Kier alpha value is -1.44. The van der Waals surface area contributed by atoms with Gasteiger partial charge in [0.15, 0.2) is 0 Å². The number of hydrogen-bond donors (Lipinski definition) is 2. The summed E-state index contributed by atoms with van der Waals surface area (Å²) < 4.78 is 26.0. The zero-order valence-corrected chi connectivity index (χ0v) is 18.7. The topological polar surface area (TPSA) is 62.0 Å². The molecule has 0 fully saturated rings. The van der Waals surface area contributed by atoms with Gasteiger partial charge in [-0.05, 0) is 55.7 Å². The summed E-state index contributed by atoms with van der Waals surface area (Å²) in [6.07, 6.45) is 0. The molecule has 0 saturated carbocycles. The molecule has 0 aliphatic rings. The number of rotatable bonds is 7. The third-order valence-corrected chi connectivity index (χ3v) is 6.85. The zero-order valence-electron chi connectivity index (χ0n) is 17.1. The first-order valence-electron chi connectivity index (χ1n) is 9.61. The summed E-state index contributed by atoms with van der Waals surface area (Å²) >= 11 is 5.72. The Morgan fingerprint density at radius 2 is 1.67 bits per heavy atom. The summed E-state index contributed by atoms with van der Waals surface area (Å²) in [6, 6.07) is 17.9. The van der Waals surface area contributed by atoms with E-state index in [9.17, 15) is 8.42 Å². The number of aryl methyl sites for hydroxylation is 2. The SMILES string of the molecule is CCS(=O)(=O)Nc1ccc(C(C)c2cc(C)c(C(=S)c3ccc(C)cc3)[nH]2)cc1.[NaH]. The molecule has 7 heteroatoms. The Balaban J connectivity index is 0.00000320. The van der Waals surface area contributed by atoms with Crippen LogP contribution >= 0.6 is 12.2 Å². The first-order chi connectivity index (χ1) is 13.7. The van der Waals surface area contributed by atoms with Crippen LogP contribution < -0.4 is 4.72 Å². The fraction of sp³-hybridized carbons (Fsp3) is 0.261. The summed E-state index contributed by atoms with van der Waals surface area (Å²) in [5, 5.41) is 0. The van der Waals surface area contributed by atoms with Crippen LogP contribution in [0.5, 0.6) is 0 Å². The Morgan fingerprint density at radius 3 is 2.23 bits per heavy atom. The van der Waals surface area contributed by atoms with Crippen LogP contribution in [0.4, 0.5) is 5.69 Å². The normalized spacial score (nSPS) is 12.1. The number of aromatic nitrogens is 1. The summed E-state index contributed by atoms with van der Waals surface area (Å²) in [4.78, 5) is 4.31. The second kappa shape index (κ2) is 10.2. The van der Waals surface area contributed by atoms with Crippen molar-refractivity contribution in [3.8, 4) is 0 Å². The second-order valence-corrected chi connectivity index (χ2v) is 9.75. The van der Waals surface area contributed by atoms with Crippen molar-refractivity contribution in [3.63, 3.8) is 0 Å². The molecular formula is C23H27N2NaO2S2. The van der Waals surface area contributed by atoms with Gasteiger partial charge in [-0.1, -0.05) is 61.1 Å². The van der Waals surface area contributed by atoms with Gasteiger partial charge in [-0.3, -0.25) is 4.72 Å². The minimum atomic E-state index is -3.27. The molecule has 3 aromatic rings. The number of aromatic amines is 1. The molecule has 0 bridgehead atoms. The Kier molecular flexibility index (Phi) is 8.48. The van der Waals surface area contributed by atoms with E-state index >= 15 is 0 Å². The predicted molar refractivity (Wildman–Crippen MR) is 132 cm³/mol. The molecule has 0 radical (unpaired) electrons.